The van der Waals surface area contributed by atoms with Gasteiger partial charge in [0.1, 0.15) is 35.0 Å². The SMILES string of the molecule is C#CCc1ccc(OCOC)cc1-c1ncc2c(N3C[C@H]4CC[C@@H](C3)N4C(=O)OC(C)(C)C)nc(OCC34CCCN3CCC4)nc2c1F. The van der Waals surface area contributed by atoms with Crippen LogP contribution < -0.4 is 14.4 Å². The van der Waals surface area contributed by atoms with Gasteiger partial charge in [0.2, 0.25) is 0 Å². The number of pyridine rings is 1. The number of rotatable bonds is 9. The van der Waals surface area contributed by atoms with Gasteiger partial charge in [-0.15, -0.1) is 12.3 Å². The van der Waals surface area contributed by atoms with Gasteiger partial charge in [-0.2, -0.15) is 9.97 Å². The number of carbonyl (C=O) groups is 1. The van der Waals surface area contributed by atoms with E-state index in [0.29, 0.717) is 42.2 Å². The predicted octanol–water partition coefficient (Wildman–Crippen LogP) is 5.58. The minimum atomic E-state index is -0.593. The highest BCUT2D eigenvalue weighted by atomic mass is 19.1. The van der Waals surface area contributed by atoms with Crippen molar-refractivity contribution in [3.8, 4) is 35.4 Å². The zero-order valence-corrected chi connectivity index (χ0v) is 28.8. The van der Waals surface area contributed by atoms with Gasteiger partial charge in [-0.05, 0) is 90.1 Å². The van der Waals surface area contributed by atoms with Crippen molar-refractivity contribution in [2.45, 2.75) is 88.9 Å². The first kappa shape index (κ1) is 33.3. The lowest BCUT2D eigenvalue weighted by atomic mass is 9.95. The third kappa shape index (κ3) is 6.46. The molecule has 7 rings (SSSR count). The lowest BCUT2D eigenvalue weighted by Crippen LogP contribution is -2.57. The number of hydrogen-bond acceptors (Lipinski definition) is 10. The fourth-order valence-electron chi connectivity index (χ4n) is 8.12. The number of fused-ring (bicyclic) bond motifs is 4. The Morgan fingerprint density at radius 1 is 1.10 bits per heavy atom. The van der Waals surface area contributed by atoms with Gasteiger partial charge in [-0.3, -0.25) is 14.8 Å². The molecule has 1 aromatic carbocycles. The van der Waals surface area contributed by atoms with Crippen molar-refractivity contribution in [2.75, 3.05) is 51.6 Å². The first-order chi connectivity index (χ1) is 23.6. The molecule has 49 heavy (non-hydrogen) atoms. The Kier molecular flexibility index (Phi) is 9.00. The maximum Gasteiger partial charge on any atom is 0.410 e. The molecule has 4 saturated heterocycles. The summed E-state index contributed by atoms with van der Waals surface area (Å²) in [5, 5.41) is 0.477. The number of terminal acetylenes is 1. The Hall–Kier alpha value is -4.21. The van der Waals surface area contributed by atoms with Crippen LogP contribution in [0.4, 0.5) is 15.0 Å². The van der Waals surface area contributed by atoms with Crippen LogP contribution in [0.25, 0.3) is 22.2 Å². The third-order valence-corrected chi connectivity index (χ3v) is 10.3. The summed E-state index contributed by atoms with van der Waals surface area (Å²) in [5.41, 5.74) is 0.860. The van der Waals surface area contributed by atoms with Crippen LogP contribution in [0, 0.1) is 18.2 Å². The van der Waals surface area contributed by atoms with Gasteiger partial charge >= 0.3 is 12.1 Å². The van der Waals surface area contributed by atoms with Crippen molar-refractivity contribution < 1.29 is 28.1 Å². The number of methoxy groups -OCH3 is 1. The summed E-state index contributed by atoms with van der Waals surface area (Å²) in [6, 6.07) is 5.33. The molecule has 0 N–H and O–H groups in total. The second-order valence-electron chi connectivity index (χ2n) is 14.6. The molecule has 12 heteroatoms. The van der Waals surface area contributed by atoms with E-state index in [1.165, 1.54) is 7.11 Å². The summed E-state index contributed by atoms with van der Waals surface area (Å²) in [7, 11) is 1.54. The first-order valence-corrected chi connectivity index (χ1v) is 17.3. The van der Waals surface area contributed by atoms with Gasteiger partial charge in [0.15, 0.2) is 12.6 Å². The summed E-state index contributed by atoms with van der Waals surface area (Å²) < 4.78 is 39.8. The number of aromatic nitrogens is 3. The van der Waals surface area contributed by atoms with E-state index in [2.05, 4.69) is 20.7 Å². The Morgan fingerprint density at radius 3 is 2.51 bits per heavy atom. The molecule has 260 valence electrons. The van der Waals surface area contributed by atoms with Gasteiger partial charge in [-0.25, -0.2) is 9.18 Å². The molecule has 2 atom stereocenters. The summed E-state index contributed by atoms with van der Waals surface area (Å²) in [6.45, 7) is 9.29. The number of anilines is 1. The predicted molar refractivity (Wildman–Crippen MR) is 183 cm³/mol. The van der Waals surface area contributed by atoms with E-state index < -0.39 is 11.4 Å². The van der Waals surface area contributed by atoms with Gasteiger partial charge in [0, 0.05) is 38.4 Å². The minimum absolute atomic E-state index is 0.0364. The highest BCUT2D eigenvalue weighted by Gasteiger charge is 2.46. The second-order valence-corrected chi connectivity index (χ2v) is 14.6. The van der Waals surface area contributed by atoms with Crippen molar-refractivity contribution in [3.63, 3.8) is 0 Å². The molecule has 4 aliphatic heterocycles. The maximum absolute atomic E-state index is 16.9. The molecule has 0 saturated carbocycles. The van der Waals surface area contributed by atoms with Crippen molar-refractivity contribution in [1.82, 2.24) is 24.8 Å². The number of benzene rings is 1. The van der Waals surface area contributed by atoms with Gasteiger partial charge in [0.25, 0.3) is 0 Å². The van der Waals surface area contributed by atoms with Crippen molar-refractivity contribution >= 4 is 22.8 Å². The molecule has 2 aromatic heterocycles. The molecule has 1 amide bonds. The van der Waals surface area contributed by atoms with E-state index >= 15 is 4.39 Å². The van der Waals surface area contributed by atoms with Crippen LogP contribution in [0.2, 0.25) is 0 Å². The lowest BCUT2D eigenvalue weighted by molar-refractivity contribution is 0.0122. The zero-order valence-electron chi connectivity index (χ0n) is 28.8. The van der Waals surface area contributed by atoms with Crippen LogP contribution in [-0.4, -0.2) is 101 Å². The van der Waals surface area contributed by atoms with Crippen LogP contribution in [0.1, 0.15) is 64.9 Å². The number of carbonyl (C=O) groups excluding carboxylic acids is 1. The monoisotopic (exact) mass is 672 g/mol. The zero-order chi connectivity index (χ0) is 34.3. The number of hydrogen-bond donors (Lipinski definition) is 0. The Morgan fingerprint density at radius 2 is 1.84 bits per heavy atom. The molecule has 6 heterocycles. The highest BCUT2D eigenvalue weighted by Crippen LogP contribution is 2.41. The van der Waals surface area contributed by atoms with E-state index in [9.17, 15) is 4.79 Å². The summed E-state index contributed by atoms with van der Waals surface area (Å²) in [6.07, 6.45) is 13.4. The molecule has 11 nitrogen and oxygen atoms in total. The molecule has 0 aliphatic carbocycles. The van der Waals surface area contributed by atoms with E-state index in [-0.39, 0.29) is 54.2 Å². The number of nitrogens with zero attached hydrogens (tertiary/aromatic N) is 6. The van der Waals surface area contributed by atoms with Crippen LogP contribution in [0.5, 0.6) is 11.8 Å². The maximum atomic E-state index is 16.9. The van der Waals surface area contributed by atoms with Crippen molar-refractivity contribution in [3.05, 3.63) is 35.8 Å². The molecular formula is C37H45FN6O5. The van der Waals surface area contributed by atoms with E-state index in [0.717, 1.165) is 57.2 Å². The van der Waals surface area contributed by atoms with Crippen molar-refractivity contribution in [2.24, 2.45) is 0 Å². The van der Waals surface area contributed by atoms with Crippen LogP contribution in [0.15, 0.2) is 24.4 Å². The smallest absolute Gasteiger partial charge is 0.410 e. The Balaban J connectivity index is 1.28. The molecule has 0 unspecified atom stereocenters. The highest BCUT2D eigenvalue weighted by molar-refractivity contribution is 5.92. The number of halogens is 1. The van der Waals surface area contributed by atoms with Gasteiger partial charge in [-0.1, -0.05) is 6.07 Å². The fraction of sp³-hybridized carbons (Fsp3) is 0.568. The Bertz CT molecular complexity index is 1750. The molecule has 2 bridgehead atoms. The molecule has 0 spiro atoms. The summed E-state index contributed by atoms with van der Waals surface area (Å²) in [4.78, 5) is 34.0. The lowest BCUT2D eigenvalue weighted by Gasteiger charge is -2.42. The first-order valence-electron chi connectivity index (χ1n) is 17.3. The van der Waals surface area contributed by atoms with Crippen molar-refractivity contribution in [1.29, 1.82) is 0 Å². The van der Waals surface area contributed by atoms with E-state index in [1.807, 2.05) is 31.7 Å². The molecule has 4 aliphatic rings. The van der Waals surface area contributed by atoms with Crippen LogP contribution >= 0.6 is 0 Å². The molecule has 4 fully saturated rings. The van der Waals surface area contributed by atoms with Gasteiger partial charge < -0.3 is 23.8 Å². The quantitative estimate of drug-likeness (QED) is 0.211. The average molecular weight is 673 g/mol. The standard InChI is InChI=1S/C37H45FN6O5/c1-6-9-24-10-13-27(48-23-46-5)18-28(24)31-30(38)32-29(19-39-31)33(41-34(40-32)47-22-37-14-7-16-43(37)17-8-15-37)42-20-25-11-12-26(21-42)44(25)35(45)49-36(2,3)4/h1,10,13,18-19,25-26H,7-9,11-12,14-17,20-23H2,2-5H3/t25-,26+. The topological polar surface area (TPSA) is 102 Å². The number of amides is 1. The second kappa shape index (κ2) is 13.2. The van der Waals surface area contributed by atoms with Crippen LogP contribution in [-0.2, 0) is 15.9 Å². The molecule has 3 aromatic rings. The fourth-order valence-corrected chi connectivity index (χ4v) is 8.12. The number of piperazine rings is 1. The number of ether oxygens (including phenoxy) is 4. The van der Waals surface area contributed by atoms with E-state index in [4.69, 9.17) is 35.3 Å². The third-order valence-electron chi connectivity index (χ3n) is 10.3. The normalized spacial score (nSPS) is 21.6. The van der Waals surface area contributed by atoms with Gasteiger partial charge in [0.05, 0.1) is 23.0 Å². The molecular weight excluding hydrogens is 627 g/mol. The largest absolute Gasteiger partial charge is 0.468 e. The average Bonchev–Trinajstić information content (AvgIpc) is 3.73. The molecule has 0 radical (unpaired) electrons. The van der Waals surface area contributed by atoms with E-state index in [1.54, 1.807) is 18.3 Å². The van der Waals surface area contributed by atoms with Crippen LogP contribution in [0.3, 0.4) is 0 Å². The Labute approximate surface area is 287 Å². The minimum Gasteiger partial charge on any atom is -0.468 e. The summed E-state index contributed by atoms with van der Waals surface area (Å²) in [5.74, 6) is 3.12. The summed E-state index contributed by atoms with van der Waals surface area (Å²) >= 11 is 0.